The molecule has 2 amide bonds. The Hall–Kier alpha value is -2.66. The number of rotatable bonds is 9. The zero-order valence-corrected chi connectivity index (χ0v) is 15.2. The molecule has 2 aromatic rings. The van der Waals surface area contributed by atoms with Crippen LogP contribution in [0.1, 0.15) is 36.9 Å². The monoisotopic (exact) mass is 353 g/mol. The van der Waals surface area contributed by atoms with Gasteiger partial charge in [-0.15, -0.1) is 0 Å². The number of nitrogens with two attached hydrogens (primary N) is 1. The van der Waals surface area contributed by atoms with Gasteiger partial charge in [-0.2, -0.15) is 0 Å². The molecule has 2 rings (SSSR count). The van der Waals surface area contributed by atoms with Gasteiger partial charge in [0.15, 0.2) is 0 Å². The second-order valence-electron chi connectivity index (χ2n) is 6.33. The van der Waals surface area contributed by atoms with Crippen LogP contribution in [-0.4, -0.2) is 24.4 Å². The van der Waals surface area contributed by atoms with Gasteiger partial charge in [-0.1, -0.05) is 74.0 Å². The topological polar surface area (TPSA) is 84.2 Å². The minimum Gasteiger partial charge on any atom is -0.352 e. The molecule has 0 saturated heterocycles. The molecule has 0 spiro atoms. The van der Waals surface area contributed by atoms with Crippen molar-refractivity contribution in [2.45, 2.75) is 38.3 Å². The molecule has 5 nitrogen and oxygen atoms in total. The van der Waals surface area contributed by atoms with E-state index in [1.807, 2.05) is 67.6 Å². The molecule has 0 radical (unpaired) electrons. The molecule has 0 aliphatic heterocycles. The lowest BCUT2D eigenvalue weighted by Gasteiger charge is -2.20. The Morgan fingerprint density at radius 3 is 2.23 bits per heavy atom. The van der Waals surface area contributed by atoms with Gasteiger partial charge < -0.3 is 16.4 Å². The summed E-state index contributed by atoms with van der Waals surface area (Å²) in [5, 5.41) is 5.69. The molecular formula is C21H27N3O2. The normalized spacial score (nSPS) is 12.8. The second kappa shape index (κ2) is 10.4. The van der Waals surface area contributed by atoms with Gasteiger partial charge in [-0.3, -0.25) is 9.59 Å². The minimum atomic E-state index is -0.542. The summed E-state index contributed by atoms with van der Waals surface area (Å²) in [6.45, 7) is 2.32. The molecule has 2 aromatic carbocycles. The van der Waals surface area contributed by atoms with E-state index in [0.29, 0.717) is 13.0 Å². The van der Waals surface area contributed by atoms with E-state index in [1.54, 1.807) is 0 Å². The van der Waals surface area contributed by atoms with E-state index < -0.39 is 6.04 Å². The van der Waals surface area contributed by atoms with Crippen molar-refractivity contribution in [3.8, 4) is 0 Å². The fraction of sp³-hybridized carbons (Fsp3) is 0.333. The molecule has 5 heteroatoms. The van der Waals surface area contributed by atoms with Crippen molar-refractivity contribution >= 4 is 11.8 Å². The van der Waals surface area contributed by atoms with Crippen LogP contribution in [0.5, 0.6) is 0 Å². The van der Waals surface area contributed by atoms with E-state index in [9.17, 15) is 9.59 Å². The van der Waals surface area contributed by atoms with E-state index in [4.69, 9.17) is 5.73 Å². The lowest BCUT2D eigenvalue weighted by molar-refractivity contribution is -0.128. The molecule has 0 saturated carbocycles. The van der Waals surface area contributed by atoms with Gasteiger partial charge in [0.1, 0.15) is 6.04 Å². The maximum Gasteiger partial charge on any atom is 0.242 e. The Bertz CT molecular complexity index is 689. The molecule has 0 bridgehead atoms. The molecule has 0 aliphatic carbocycles. The summed E-state index contributed by atoms with van der Waals surface area (Å²) in [6, 6.07) is 18.3. The van der Waals surface area contributed by atoms with Crippen LogP contribution in [0.15, 0.2) is 60.7 Å². The van der Waals surface area contributed by atoms with Crippen LogP contribution in [0.4, 0.5) is 0 Å². The highest BCUT2D eigenvalue weighted by molar-refractivity contribution is 5.88. The van der Waals surface area contributed by atoms with Crippen LogP contribution >= 0.6 is 0 Å². The molecule has 0 fully saturated rings. The van der Waals surface area contributed by atoms with Crippen molar-refractivity contribution in [2.75, 3.05) is 6.54 Å². The van der Waals surface area contributed by atoms with Gasteiger partial charge in [0, 0.05) is 12.6 Å². The summed E-state index contributed by atoms with van der Waals surface area (Å²) >= 11 is 0. The third-order valence-corrected chi connectivity index (χ3v) is 4.16. The molecule has 2 atom stereocenters. The van der Waals surface area contributed by atoms with Crippen molar-refractivity contribution in [1.29, 1.82) is 0 Å². The third kappa shape index (κ3) is 6.33. The molecule has 26 heavy (non-hydrogen) atoms. The summed E-state index contributed by atoms with van der Waals surface area (Å²) in [4.78, 5) is 24.7. The van der Waals surface area contributed by atoms with Gasteiger partial charge in [0.2, 0.25) is 11.8 Å². The Kier molecular flexibility index (Phi) is 7.83. The fourth-order valence-corrected chi connectivity index (χ4v) is 2.74. The lowest BCUT2D eigenvalue weighted by atomic mass is 10.1. The first-order valence-electron chi connectivity index (χ1n) is 9.01. The number of hydrogen-bond donors (Lipinski definition) is 3. The van der Waals surface area contributed by atoms with Gasteiger partial charge in [0.25, 0.3) is 0 Å². The molecule has 0 aromatic heterocycles. The van der Waals surface area contributed by atoms with E-state index in [1.165, 1.54) is 0 Å². The maximum atomic E-state index is 12.5. The zero-order chi connectivity index (χ0) is 18.8. The first-order chi connectivity index (χ1) is 12.6. The number of benzene rings is 2. The average Bonchev–Trinajstić information content (AvgIpc) is 2.67. The Morgan fingerprint density at radius 2 is 1.62 bits per heavy atom. The van der Waals surface area contributed by atoms with E-state index in [-0.39, 0.29) is 24.3 Å². The first-order valence-corrected chi connectivity index (χ1v) is 9.01. The highest BCUT2D eigenvalue weighted by Gasteiger charge is 2.20. The smallest absolute Gasteiger partial charge is 0.242 e. The summed E-state index contributed by atoms with van der Waals surface area (Å²) in [6.07, 6.45) is 1.65. The summed E-state index contributed by atoms with van der Waals surface area (Å²) in [5.74, 6) is -0.350. The Morgan fingerprint density at radius 1 is 1.00 bits per heavy atom. The number of hydrogen-bond acceptors (Lipinski definition) is 3. The predicted molar refractivity (Wildman–Crippen MR) is 103 cm³/mol. The SMILES string of the molecule is CCCC(NC(=O)Cc1ccccc1)C(=O)NCC(N)c1ccccc1. The highest BCUT2D eigenvalue weighted by Crippen LogP contribution is 2.08. The predicted octanol–water partition coefficient (Wildman–Crippen LogP) is 2.33. The summed E-state index contributed by atoms with van der Waals surface area (Å²) < 4.78 is 0. The third-order valence-electron chi connectivity index (χ3n) is 4.16. The summed E-state index contributed by atoms with van der Waals surface area (Å²) in [5.41, 5.74) is 8.01. The number of carbonyl (C=O) groups excluding carboxylic acids is 2. The van der Waals surface area contributed by atoms with Crippen LogP contribution < -0.4 is 16.4 Å². The van der Waals surface area contributed by atoms with Crippen molar-refractivity contribution in [1.82, 2.24) is 10.6 Å². The van der Waals surface area contributed by atoms with Gasteiger partial charge in [0.05, 0.1) is 6.42 Å². The lowest BCUT2D eigenvalue weighted by Crippen LogP contribution is -2.48. The van der Waals surface area contributed by atoms with Crippen molar-refractivity contribution in [2.24, 2.45) is 5.73 Å². The van der Waals surface area contributed by atoms with Crippen molar-refractivity contribution in [3.63, 3.8) is 0 Å². The zero-order valence-electron chi connectivity index (χ0n) is 15.2. The van der Waals surface area contributed by atoms with Gasteiger partial charge in [-0.25, -0.2) is 0 Å². The van der Waals surface area contributed by atoms with Gasteiger partial charge >= 0.3 is 0 Å². The molecule has 138 valence electrons. The van der Waals surface area contributed by atoms with Crippen molar-refractivity contribution < 1.29 is 9.59 Å². The van der Waals surface area contributed by atoms with E-state index in [2.05, 4.69) is 10.6 Å². The quantitative estimate of drug-likeness (QED) is 0.647. The maximum absolute atomic E-state index is 12.5. The van der Waals surface area contributed by atoms with Gasteiger partial charge in [-0.05, 0) is 17.5 Å². The minimum absolute atomic E-state index is 0.155. The Labute approximate surface area is 155 Å². The molecule has 0 aliphatic rings. The largest absolute Gasteiger partial charge is 0.352 e. The van der Waals surface area contributed by atoms with Crippen LogP contribution in [0.2, 0.25) is 0 Å². The standard InChI is InChI=1S/C21H27N3O2/c1-2-9-19(24-20(25)14-16-10-5-3-6-11-16)21(26)23-15-18(22)17-12-7-4-8-13-17/h3-8,10-13,18-19H,2,9,14-15,22H2,1H3,(H,23,26)(H,24,25). The highest BCUT2D eigenvalue weighted by atomic mass is 16.2. The molecule has 2 unspecified atom stereocenters. The van der Waals surface area contributed by atoms with E-state index in [0.717, 1.165) is 17.5 Å². The Balaban J connectivity index is 1.87. The van der Waals surface area contributed by atoms with Crippen molar-refractivity contribution in [3.05, 3.63) is 71.8 Å². The van der Waals surface area contributed by atoms with E-state index >= 15 is 0 Å². The van der Waals surface area contributed by atoms with Crippen LogP contribution in [-0.2, 0) is 16.0 Å². The van der Waals surface area contributed by atoms with Crippen LogP contribution in [0.25, 0.3) is 0 Å². The molecule has 0 heterocycles. The van der Waals surface area contributed by atoms with Crippen LogP contribution in [0.3, 0.4) is 0 Å². The average molecular weight is 353 g/mol. The number of carbonyl (C=O) groups is 2. The summed E-state index contributed by atoms with van der Waals surface area (Å²) in [7, 11) is 0. The molecular weight excluding hydrogens is 326 g/mol. The fourth-order valence-electron chi connectivity index (χ4n) is 2.74. The molecule has 4 N–H and O–H groups in total. The second-order valence-corrected chi connectivity index (χ2v) is 6.33. The van der Waals surface area contributed by atoms with Crippen LogP contribution in [0, 0.1) is 0 Å². The first kappa shape index (κ1) is 19.7. The number of nitrogens with one attached hydrogen (secondary N) is 2. The number of amides is 2.